The first kappa shape index (κ1) is 20.1. The van der Waals surface area contributed by atoms with Gasteiger partial charge in [0.25, 0.3) is 11.8 Å². The van der Waals surface area contributed by atoms with Gasteiger partial charge in [-0.1, -0.05) is 37.3 Å². The summed E-state index contributed by atoms with van der Waals surface area (Å²) in [7, 11) is 0. The Morgan fingerprint density at radius 2 is 1.64 bits per heavy atom. The number of rotatable bonds is 6. The Balaban J connectivity index is 1.65. The maximum Gasteiger partial charge on any atom is 0.254 e. The van der Waals surface area contributed by atoms with E-state index in [-0.39, 0.29) is 17.9 Å². The Hall–Kier alpha value is -2.66. The van der Waals surface area contributed by atoms with Crippen LogP contribution in [0.15, 0.2) is 54.6 Å². The van der Waals surface area contributed by atoms with Gasteiger partial charge in [0, 0.05) is 43.3 Å². The number of hydrogen-bond acceptors (Lipinski definition) is 3. The molecule has 28 heavy (non-hydrogen) atoms. The smallest absolute Gasteiger partial charge is 0.254 e. The van der Waals surface area contributed by atoms with E-state index in [1.165, 1.54) is 0 Å². The van der Waals surface area contributed by atoms with E-state index in [4.69, 9.17) is 5.73 Å². The Kier molecular flexibility index (Phi) is 6.82. The fourth-order valence-electron chi connectivity index (χ4n) is 3.78. The summed E-state index contributed by atoms with van der Waals surface area (Å²) in [5.74, 6) is 0.142. The molecule has 2 aromatic rings. The summed E-state index contributed by atoms with van der Waals surface area (Å²) in [4.78, 5) is 29.6. The molecule has 0 spiro atoms. The summed E-state index contributed by atoms with van der Waals surface area (Å²) in [6, 6.07) is 17.1. The topological polar surface area (TPSA) is 66.6 Å². The number of amides is 2. The van der Waals surface area contributed by atoms with E-state index < -0.39 is 0 Å². The Morgan fingerprint density at radius 3 is 2.21 bits per heavy atom. The van der Waals surface area contributed by atoms with Crippen molar-refractivity contribution in [2.24, 2.45) is 5.73 Å². The second-order valence-corrected chi connectivity index (χ2v) is 7.29. The van der Waals surface area contributed by atoms with Crippen LogP contribution in [0.3, 0.4) is 0 Å². The normalized spacial score (nSPS) is 14.7. The zero-order valence-corrected chi connectivity index (χ0v) is 16.5. The van der Waals surface area contributed by atoms with Crippen molar-refractivity contribution >= 4 is 11.8 Å². The number of carbonyl (C=O) groups excluding carboxylic acids is 2. The van der Waals surface area contributed by atoms with Gasteiger partial charge in [-0.15, -0.1) is 0 Å². The van der Waals surface area contributed by atoms with Gasteiger partial charge in [-0.05, 0) is 49.1 Å². The molecule has 2 aromatic carbocycles. The van der Waals surface area contributed by atoms with Crippen molar-refractivity contribution in [1.29, 1.82) is 0 Å². The molecule has 1 aliphatic heterocycles. The number of nitrogens with two attached hydrogens (primary N) is 1. The first-order valence-electron chi connectivity index (χ1n) is 10.1. The molecule has 2 amide bonds. The number of likely N-dealkylation sites (tertiary alicyclic amines) is 1. The number of nitrogens with zero attached hydrogens (tertiary/aromatic N) is 2. The van der Waals surface area contributed by atoms with Gasteiger partial charge < -0.3 is 15.5 Å². The zero-order valence-electron chi connectivity index (χ0n) is 16.5. The third-order valence-corrected chi connectivity index (χ3v) is 5.38. The van der Waals surface area contributed by atoms with Crippen molar-refractivity contribution in [2.45, 2.75) is 38.8 Å². The first-order valence-corrected chi connectivity index (χ1v) is 10.1. The monoisotopic (exact) mass is 379 g/mol. The van der Waals surface area contributed by atoms with E-state index in [1.807, 2.05) is 64.4 Å². The van der Waals surface area contributed by atoms with Gasteiger partial charge in [0.15, 0.2) is 0 Å². The van der Waals surface area contributed by atoms with Crippen molar-refractivity contribution in [3.05, 3.63) is 71.3 Å². The van der Waals surface area contributed by atoms with Gasteiger partial charge >= 0.3 is 0 Å². The second kappa shape index (κ2) is 9.51. The molecule has 1 aliphatic rings. The number of hydrogen-bond donors (Lipinski definition) is 1. The van der Waals surface area contributed by atoms with Gasteiger partial charge in [0.05, 0.1) is 0 Å². The number of piperidine rings is 1. The van der Waals surface area contributed by atoms with Crippen LogP contribution in [0.5, 0.6) is 0 Å². The van der Waals surface area contributed by atoms with Crippen LogP contribution < -0.4 is 5.73 Å². The van der Waals surface area contributed by atoms with E-state index >= 15 is 0 Å². The summed E-state index contributed by atoms with van der Waals surface area (Å²) in [5.41, 5.74) is 8.10. The molecule has 5 nitrogen and oxygen atoms in total. The van der Waals surface area contributed by atoms with Crippen molar-refractivity contribution in [2.75, 3.05) is 19.6 Å². The maximum atomic E-state index is 13.1. The highest BCUT2D eigenvalue weighted by Gasteiger charge is 2.30. The highest BCUT2D eigenvalue weighted by molar-refractivity contribution is 5.95. The molecular weight excluding hydrogens is 350 g/mol. The molecule has 0 aromatic heterocycles. The van der Waals surface area contributed by atoms with Gasteiger partial charge in [-0.2, -0.15) is 0 Å². The van der Waals surface area contributed by atoms with Crippen molar-refractivity contribution in [3.8, 4) is 0 Å². The Labute approximate surface area is 167 Å². The van der Waals surface area contributed by atoms with Crippen LogP contribution in [-0.2, 0) is 6.54 Å². The van der Waals surface area contributed by atoms with Gasteiger partial charge in [0.2, 0.25) is 0 Å². The summed E-state index contributed by atoms with van der Waals surface area (Å²) in [5, 5.41) is 0. The first-order chi connectivity index (χ1) is 13.6. The third kappa shape index (κ3) is 4.60. The molecule has 1 saturated heterocycles. The SMILES string of the molecule is CCCN(C(=O)c1ccc(CN)cc1)C1CCN(C(=O)c2ccccc2)CC1. The number of benzene rings is 2. The van der Waals surface area contributed by atoms with Crippen LogP contribution in [0.2, 0.25) is 0 Å². The predicted molar refractivity (Wildman–Crippen MR) is 111 cm³/mol. The van der Waals surface area contributed by atoms with E-state index in [9.17, 15) is 9.59 Å². The van der Waals surface area contributed by atoms with Crippen LogP contribution in [0.4, 0.5) is 0 Å². The van der Waals surface area contributed by atoms with Crippen molar-refractivity contribution in [1.82, 2.24) is 9.80 Å². The molecule has 0 bridgehead atoms. The molecule has 5 heteroatoms. The molecule has 0 unspecified atom stereocenters. The van der Waals surface area contributed by atoms with E-state index in [1.54, 1.807) is 0 Å². The van der Waals surface area contributed by atoms with Crippen LogP contribution >= 0.6 is 0 Å². The van der Waals surface area contributed by atoms with Crippen LogP contribution in [0, 0.1) is 0 Å². The lowest BCUT2D eigenvalue weighted by atomic mass is 10.0. The molecule has 1 fully saturated rings. The van der Waals surface area contributed by atoms with Gasteiger partial charge in [-0.3, -0.25) is 9.59 Å². The molecular formula is C23H29N3O2. The van der Waals surface area contributed by atoms with Crippen LogP contribution in [-0.4, -0.2) is 47.3 Å². The summed E-state index contributed by atoms with van der Waals surface area (Å²) >= 11 is 0. The summed E-state index contributed by atoms with van der Waals surface area (Å²) in [6.45, 7) is 4.65. The predicted octanol–water partition coefficient (Wildman–Crippen LogP) is 3.30. The zero-order chi connectivity index (χ0) is 19.9. The quantitative estimate of drug-likeness (QED) is 0.837. The number of carbonyl (C=O) groups is 2. The standard InChI is InChI=1S/C23H29N3O2/c1-2-14-26(23(28)20-10-8-18(17-24)9-11-20)21-12-15-25(16-13-21)22(27)19-6-4-3-5-7-19/h3-11,21H,2,12-17,24H2,1H3. The fraction of sp³-hybridized carbons (Fsp3) is 0.391. The van der Waals surface area contributed by atoms with E-state index in [0.717, 1.165) is 36.9 Å². The molecule has 148 valence electrons. The Morgan fingerprint density at radius 1 is 1.00 bits per heavy atom. The summed E-state index contributed by atoms with van der Waals surface area (Å²) in [6.07, 6.45) is 2.53. The average Bonchev–Trinajstić information content (AvgIpc) is 2.77. The largest absolute Gasteiger partial charge is 0.338 e. The lowest BCUT2D eigenvalue weighted by Gasteiger charge is -2.38. The summed E-state index contributed by atoms with van der Waals surface area (Å²) < 4.78 is 0. The minimum Gasteiger partial charge on any atom is -0.338 e. The maximum absolute atomic E-state index is 13.1. The highest BCUT2D eigenvalue weighted by Crippen LogP contribution is 2.21. The Bertz CT molecular complexity index is 781. The highest BCUT2D eigenvalue weighted by atomic mass is 16.2. The van der Waals surface area contributed by atoms with Crippen molar-refractivity contribution in [3.63, 3.8) is 0 Å². The third-order valence-electron chi connectivity index (χ3n) is 5.38. The average molecular weight is 380 g/mol. The fourth-order valence-corrected chi connectivity index (χ4v) is 3.78. The minimum atomic E-state index is 0.0678. The van der Waals surface area contributed by atoms with Gasteiger partial charge in [-0.25, -0.2) is 0 Å². The molecule has 1 heterocycles. The van der Waals surface area contributed by atoms with E-state index in [0.29, 0.717) is 25.2 Å². The van der Waals surface area contributed by atoms with Gasteiger partial charge in [0.1, 0.15) is 0 Å². The molecule has 2 N–H and O–H groups in total. The lowest BCUT2D eigenvalue weighted by Crippen LogP contribution is -2.49. The molecule has 0 radical (unpaired) electrons. The van der Waals surface area contributed by atoms with E-state index in [2.05, 4.69) is 6.92 Å². The van der Waals surface area contributed by atoms with Crippen LogP contribution in [0.25, 0.3) is 0 Å². The molecule has 3 rings (SSSR count). The van der Waals surface area contributed by atoms with Crippen molar-refractivity contribution < 1.29 is 9.59 Å². The molecule has 0 saturated carbocycles. The van der Waals surface area contributed by atoms with Crippen LogP contribution in [0.1, 0.15) is 52.5 Å². The minimum absolute atomic E-state index is 0.0678. The lowest BCUT2D eigenvalue weighted by molar-refractivity contribution is 0.0519. The second-order valence-electron chi connectivity index (χ2n) is 7.29. The molecule has 0 atom stereocenters. The molecule has 0 aliphatic carbocycles.